The number of ether oxygens (including phenoxy) is 1. The Hall–Kier alpha value is -2.85. The maximum Gasteiger partial charge on any atom is 0.358 e. The molecule has 0 aliphatic rings. The summed E-state index contributed by atoms with van der Waals surface area (Å²) in [6.07, 6.45) is 0. The van der Waals surface area contributed by atoms with E-state index in [0.29, 0.717) is 16.9 Å². The third-order valence-corrected chi connectivity index (χ3v) is 4.33. The summed E-state index contributed by atoms with van der Waals surface area (Å²) in [4.78, 5) is 0.00997. The van der Waals surface area contributed by atoms with Crippen LogP contribution in [0.4, 0.5) is 0 Å². The fourth-order valence-electron chi connectivity index (χ4n) is 1.85. The number of methoxy groups -OCH3 is 1. The Kier molecular flexibility index (Phi) is 4.98. The van der Waals surface area contributed by atoms with Crippen molar-refractivity contribution in [1.29, 1.82) is 5.26 Å². The molecule has 7 heteroatoms. The van der Waals surface area contributed by atoms with Gasteiger partial charge in [0.15, 0.2) is 5.71 Å². The van der Waals surface area contributed by atoms with Crippen LogP contribution >= 0.6 is 0 Å². The summed E-state index contributed by atoms with van der Waals surface area (Å²) < 4.78 is 34.0. The lowest BCUT2D eigenvalue weighted by Gasteiger charge is -2.05. The Labute approximate surface area is 134 Å². The molecule has 0 spiro atoms. The number of rotatable bonds is 5. The van der Waals surface area contributed by atoms with Gasteiger partial charge in [-0.2, -0.15) is 13.7 Å². The van der Waals surface area contributed by atoms with Gasteiger partial charge in [-0.05, 0) is 42.8 Å². The first-order chi connectivity index (χ1) is 11.0. The lowest BCUT2D eigenvalue weighted by Crippen LogP contribution is -2.07. The van der Waals surface area contributed by atoms with Crippen LogP contribution in [0.2, 0.25) is 0 Å². The van der Waals surface area contributed by atoms with Crippen molar-refractivity contribution in [3.8, 4) is 11.8 Å². The highest BCUT2D eigenvalue weighted by Gasteiger charge is 2.18. The highest BCUT2D eigenvalue weighted by Crippen LogP contribution is 2.18. The molecule has 0 unspecified atom stereocenters. The minimum absolute atomic E-state index is 0.00997. The maximum atomic E-state index is 12.1. The molecule has 118 valence electrons. The van der Waals surface area contributed by atoms with Gasteiger partial charge in [0.2, 0.25) is 0 Å². The van der Waals surface area contributed by atoms with Gasteiger partial charge in [-0.15, -0.1) is 0 Å². The quantitative estimate of drug-likeness (QED) is 0.621. The molecule has 0 bridgehead atoms. The van der Waals surface area contributed by atoms with Gasteiger partial charge in [0.05, 0.1) is 7.11 Å². The first kappa shape index (κ1) is 16.5. The maximum absolute atomic E-state index is 12.1. The molecule has 0 heterocycles. The van der Waals surface area contributed by atoms with Crippen molar-refractivity contribution in [1.82, 2.24) is 0 Å². The fraction of sp³-hybridized carbons (Fsp3) is 0.125. The van der Waals surface area contributed by atoms with Crippen molar-refractivity contribution in [3.05, 3.63) is 59.7 Å². The standard InChI is InChI=1S/C16H14N2O4S/c1-12-5-3-4-6-16(12)23(19,20)22-18-15(11-17)13-7-9-14(21-2)10-8-13/h3-10H,1-2H3. The first-order valence-corrected chi connectivity index (χ1v) is 8.00. The molecule has 0 fully saturated rings. The van der Waals surface area contributed by atoms with E-state index < -0.39 is 10.1 Å². The van der Waals surface area contributed by atoms with Crippen molar-refractivity contribution < 1.29 is 17.4 Å². The summed E-state index contributed by atoms with van der Waals surface area (Å²) in [5, 5.41) is 12.6. The minimum atomic E-state index is -4.08. The second-order valence-corrected chi connectivity index (χ2v) is 6.07. The van der Waals surface area contributed by atoms with E-state index in [1.165, 1.54) is 13.2 Å². The van der Waals surface area contributed by atoms with Gasteiger partial charge >= 0.3 is 10.1 Å². The van der Waals surface area contributed by atoms with Crippen LogP contribution in [0.5, 0.6) is 5.75 Å². The zero-order chi connectivity index (χ0) is 16.9. The van der Waals surface area contributed by atoms with E-state index in [9.17, 15) is 8.42 Å². The zero-order valence-corrected chi connectivity index (χ0v) is 13.4. The summed E-state index contributed by atoms with van der Waals surface area (Å²) in [6.45, 7) is 1.65. The van der Waals surface area contributed by atoms with Crippen LogP contribution < -0.4 is 4.74 Å². The van der Waals surface area contributed by atoms with Crippen molar-refractivity contribution in [2.75, 3.05) is 7.11 Å². The Morgan fingerprint density at radius 2 is 1.78 bits per heavy atom. The molecular formula is C16H14N2O4S. The van der Waals surface area contributed by atoms with Gasteiger partial charge in [-0.1, -0.05) is 23.4 Å². The molecule has 2 aromatic carbocycles. The normalized spacial score (nSPS) is 11.6. The van der Waals surface area contributed by atoms with Gasteiger partial charge in [-0.25, -0.2) is 0 Å². The summed E-state index contributed by atoms with van der Waals surface area (Å²) in [6, 6.07) is 14.6. The third kappa shape index (κ3) is 3.87. The van der Waals surface area contributed by atoms with E-state index in [-0.39, 0.29) is 10.6 Å². The lowest BCUT2D eigenvalue weighted by molar-refractivity contribution is 0.339. The number of hydrogen-bond acceptors (Lipinski definition) is 6. The molecule has 0 radical (unpaired) electrons. The molecule has 0 N–H and O–H groups in total. The topological polar surface area (TPSA) is 88.8 Å². The van der Waals surface area contributed by atoms with Gasteiger partial charge in [0.1, 0.15) is 16.7 Å². The molecule has 0 aliphatic heterocycles. The second-order valence-electron chi connectivity index (χ2n) is 4.57. The summed E-state index contributed by atoms with van der Waals surface area (Å²) in [5.41, 5.74) is 0.809. The molecule has 23 heavy (non-hydrogen) atoms. The van der Waals surface area contributed by atoms with E-state index in [1.807, 2.05) is 6.07 Å². The fourth-order valence-corrected chi connectivity index (χ4v) is 2.81. The average Bonchev–Trinajstić information content (AvgIpc) is 2.56. The number of benzene rings is 2. The third-order valence-electron chi connectivity index (χ3n) is 3.06. The molecule has 0 saturated heterocycles. The molecule has 6 nitrogen and oxygen atoms in total. The van der Waals surface area contributed by atoms with Gasteiger partial charge in [-0.3, -0.25) is 4.28 Å². The Bertz CT molecular complexity index is 866. The Balaban J connectivity index is 2.29. The number of nitriles is 1. The van der Waals surface area contributed by atoms with Gasteiger partial charge in [0, 0.05) is 5.56 Å². The lowest BCUT2D eigenvalue weighted by atomic mass is 10.1. The van der Waals surface area contributed by atoms with Crippen molar-refractivity contribution in [3.63, 3.8) is 0 Å². The zero-order valence-electron chi connectivity index (χ0n) is 12.6. The number of hydrogen-bond donors (Lipinski definition) is 0. The van der Waals surface area contributed by atoms with Crippen LogP contribution in [-0.4, -0.2) is 21.2 Å². The van der Waals surface area contributed by atoms with Crippen LogP contribution in [0.25, 0.3) is 0 Å². The molecular weight excluding hydrogens is 316 g/mol. The molecule has 0 aliphatic carbocycles. The Morgan fingerprint density at radius 3 is 2.35 bits per heavy atom. The summed E-state index contributed by atoms with van der Waals surface area (Å²) in [5.74, 6) is 0.611. The van der Waals surface area contributed by atoms with Crippen LogP contribution in [0.3, 0.4) is 0 Å². The number of nitrogens with zero attached hydrogens (tertiary/aromatic N) is 2. The Morgan fingerprint density at radius 1 is 1.13 bits per heavy atom. The second kappa shape index (κ2) is 6.94. The van der Waals surface area contributed by atoms with E-state index in [4.69, 9.17) is 10.00 Å². The molecule has 0 atom stereocenters. The predicted octanol–water partition coefficient (Wildman–Crippen LogP) is 2.64. The molecule has 0 aromatic heterocycles. The van der Waals surface area contributed by atoms with Crippen molar-refractivity contribution in [2.24, 2.45) is 5.16 Å². The molecule has 0 amide bonds. The molecule has 2 rings (SSSR count). The van der Waals surface area contributed by atoms with Crippen LogP contribution in [0.15, 0.2) is 58.6 Å². The summed E-state index contributed by atoms with van der Waals surface area (Å²) in [7, 11) is -2.56. The first-order valence-electron chi connectivity index (χ1n) is 6.60. The average molecular weight is 330 g/mol. The van der Waals surface area contributed by atoms with E-state index in [2.05, 4.69) is 9.44 Å². The van der Waals surface area contributed by atoms with Crippen LogP contribution in [0.1, 0.15) is 11.1 Å². The number of aryl methyl sites for hydroxylation is 1. The number of oxime groups is 1. The largest absolute Gasteiger partial charge is 0.497 e. The monoisotopic (exact) mass is 330 g/mol. The highest BCUT2D eigenvalue weighted by molar-refractivity contribution is 7.86. The van der Waals surface area contributed by atoms with E-state index in [0.717, 1.165) is 0 Å². The van der Waals surface area contributed by atoms with E-state index in [1.54, 1.807) is 49.4 Å². The summed E-state index contributed by atoms with van der Waals surface area (Å²) >= 11 is 0. The molecule has 0 saturated carbocycles. The van der Waals surface area contributed by atoms with Crippen LogP contribution in [-0.2, 0) is 14.4 Å². The van der Waals surface area contributed by atoms with E-state index >= 15 is 0 Å². The minimum Gasteiger partial charge on any atom is -0.497 e. The van der Waals surface area contributed by atoms with Gasteiger partial charge < -0.3 is 4.74 Å². The van der Waals surface area contributed by atoms with Crippen molar-refractivity contribution in [2.45, 2.75) is 11.8 Å². The predicted molar refractivity (Wildman–Crippen MR) is 84.6 cm³/mol. The van der Waals surface area contributed by atoms with Gasteiger partial charge in [0.25, 0.3) is 0 Å². The highest BCUT2D eigenvalue weighted by atomic mass is 32.2. The smallest absolute Gasteiger partial charge is 0.358 e. The van der Waals surface area contributed by atoms with Crippen LogP contribution in [0, 0.1) is 18.3 Å². The van der Waals surface area contributed by atoms with Crippen molar-refractivity contribution >= 4 is 15.8 Å². The SMILES string of the molecule is COc1ccc(C(C#N)=NOS(=O)(=O)c2ccccc2C)cc1. The molecule has 2 aromatic rings.